The van der Waals surface area contributed by atoms with Crippen LogP contribution in [0.5, 0.6) is 0 Å². The van der Waals surface area contributed by atoms with Gasteiger partial charge in [0.15, 0.2) is 0 Å². The van der Waals surface area contributed by atoms with E-state index in [-0.39, 0.29) is 18.4 Å². The number of hydrogen-bond donors (Lipinski definition) is 1. The van der Waals surface area contributed by atoms with Crippen LogP contribution in [0.15, 0.2) is 84.9 Å². The fourth-order valence-corrected chi connectivity index (χ4v) is 5.33. The number of sulfonamides is 1. The Labute approximate surface area is 239 Å². The van der Waals surface area contributed by atoms with Gasteiger partial charge in [-0.2, -0.15) is 0 Å². The SMILES string of the molecule is CCCCNC(=O)[C@@H](Cc1ccccc1)N(Cc1ccccc1)C(=O)CN(c1ccc(C(C)C)cc1)S(C)(=O)=O. The maximum absolute atomic E-state index is 14.1. The van der Waals surface area contributed by atoms with Crippen LogP contribution in [0.2, 0.25) is 0 Å². The first-order chi connectivity index (χ1) is 19.1. The fourth-order valence-electron chi connectivity index (χ4n) is 4.48. The highest BCUT2D eigenvalue weighted by Gasteiger charge is 2.33. The number of anilines is 1. The standard InChI is InChI=1S/C32H41N3O4S/c1-5-6-21-33-32(37)30(22-26-13-9-7-10-14-26)34(23-27-15-11-8-12-16-27)31(36)24-35(40(4,38)39)29-19-17-28(18-20-29)25(2)3/h7-20,25,30H,5-6,21-24H2,1-4H3,(H,33,37)/t30-/m1/s1. The summed E-state index contributed by atoms with van der Waals surface area (Å²) in [6.45, 7) is 6.43. The average molecular weight is 564 g/mol. The van der Waals surface area contributed by atoms with Crippen molar-refractivity contribution in [2.75, 3.05) is 23.7 Å². The molecule has 0 saturated carbocycles. The van der Waals surface area contributed by atoms with E-state index in [1.54, 1.807) is 12.1 Å². The molecule has 0 aliphatic heterocycles. The van der Waals surface area contributed by atoms with Gasteiger partial charge in [0.2, 0.25) is 21.8 Å². The number of unbranched alkanes of at least 4 members (excludes halogenated alkanes) is 1. The molecule has 0 aromatic heterocycles. The summed E-state index contributed by atoms with van der Waals surface area (Å²) in [4.78, 5) is 29.2. The van der Waals surface area contributed by atoms with E-state index in [0.29, 0.717) is 18.7 Å². The van der Waals surface area contributed by atoms with Crippen LogP contribution in [0, 0.1) is 0 Å². The zero-order valence-electron chi connectivity index (χ0n) is 23.9. The molecule has 0 bridgehead atoms. The topological polar surface area (TPSA) is 86.8 Å². The van der Waals surface area contributed by atoms with E-state index in [1.807, 2.05) is 79.7 Å². The molecule has 0 unspecified atom stereocenters. The highest BCUT2D eigenvalue weighted by molar-refractivity contribution is 7.92. The van der Waals surface area contributed by atoms with Crippen molar-refractivity contribution in [3.8, 4) is 0 Å². The molecule has 7 nitrogen and oxygen atoms in total. The van der Waals surface area contributed by atoms with Crippen LogP contribution in [-0.4, -0.2) is 50.5 Å². The van der Waals surface area contributed by atoms with Crippen LogP contribution in [0.25, 0.3) is 0 Å². The van der Waals surface area contributed by atoms with E-state index in [0.717, 1.165) is 40.1 Å². The van der Waals surface area contributed by atoms with Crippen LogP contribution >= 0.6 is 0 Å². The van der Waals surface area contributed by atoms with Crippen LogP contribution in [0.3, 0.4) is 0 Å². The second-order valence-electron chi connectivity index (χ2n) is 10.4. The number of carbonyl (C=O) groups excluding carboxylic acids is 2. The zero-order valence-corrected chi connectivity index (χ0v) is 24.7. The molecule has 214 valence electrons. The number of rotatable bonds is 14. The summed E-state index contributed by atoms with van der Waals surface area (Å²) in [5, 5.41) is 2.99. The molecule has 1 atom stereocenters. The van der Waals surface area contributed by atoms with Gasteiger partial charge in [0.25, 0.3) is 0 Å². The molecule has 0 spiro atoms. The fraction of sp³-hybridized carbons (Fsp3) is 0.375. The van der Waals surface area contributed by atoms with Crippen molar-refractivity contribution in [3.05, 3.63) is 102 Å². The Balaban J connectivity index is 2.00. The van der Waals surface area contributed by atoms with Crippen LogP contribution in [-0.2, 0) is 32.6 Å². The van der Waals surface area contributed by atoms with Gasteiger partial charge in [0.05, 0.1) is 11.9 Å². The Morgan fingerprint density at radius 1 is 0.850 bits per heavy atom. The van der Waals surface area contributed by atoms with Crippen LogP contribution in [0.4, 0.5) is 5.69 Å². The van der Waals surface area contributed by atoms with Crippen molar-refractivity contribution in [2.24, 2.45) is 0 Å². The number of benzene rings is 3. The largest absolute Gasteiger partial charge is 0.354 e. The lowest BCUT2D eigenvalue weighted by atomic mass is 10.0. The molecular weight excluding hydrogens is 522 g/mol. The molecule has 3 rings (SSSR count). The summed E-state index contributed by atoms with van der Waals surface area (Å²) in [6, 6.07) is 25.4. The minimum Gasteiger partial charge on any atom is -0.354 e. The quantitative estimate of drug-likeness (QED) is 0.276. The maximum atomic E-state index is 14.1. The van der Waals surface area contributed by atoms with Crippen molar-refractivity contribution in [1.29, 1.82) is 0 Å². The second-order valence-corrected chi connectivity index (χ2v) is 12.3. The van der Waals surface area contributed by atoms with Crippen molar-refractivity contribution < 1.29 is 18.0 Å². The van der Waals surface area contributed by atoms with Gasteiger partial charge in [-0.05, 0) is 41.2 Å². The Morgan fingerprint density at radius 3 is 1.95 bits per heavy atom. The van der Waals surface area contributed by atoms with Crippen molar-refractivity contribution in [1.82, 2.24) is 10.2 Å². The summed E-state index contributed by atoms with van der Waals surface area (Å²) in [7, 11) is -3.79. The second kappa shape index (κ2) is 14.7. The van der Waals surface area contributed by atoms with E-state index in [2.05, 4.69) is 19.2 Å². The van der Waals surface area contributed by atoms with Gasteiger partial charge in [-0.25, -0.2) is 8.42 Å². The molecule has 0 heterocycles. The molecule has 0 aliphatic rings. The number of carbonyl (C=O) groups is 2. The van der Waals surface area contributed by atoms with Gasteiger partial charge >= 0.3 is 0 Å². The van der Waals surface area contributed by atoms with Gasteiger partial charge in [0, 0.05) is 19.5 Å². The van der Waals surface area contributed by atoms with E-state index < -0.39 is 28.5 Å². The van der Waals surface area contributed by atoms with Gasteiger partial charge in [-0.3, -0.25) is 13.9 Å². The Bertz CT molecular complexity index is 1330. The first kappa shape index (κ1) is 30.9. The van der Waals surface area contributed by atoms with Crippen molar-refractivity contribution in [2.45, 2.75) is 58.5 Å². The Kier molecular flexibility index (Phi) is 11.3. The smallest absolute Gasteiger partial charge is 0.244 e. The molecule has 3 aromatic carbocycles. The Morgan fingerprint density at radius 2 is 1.43 bits per heavy atom. The third kappa shape index (κ3) is 8.95. The lowest BCUT2D eigenvalue weighted by Crippen LogP contribution is -2.53. The van der Waals surface area contributed by atoms with E-state index in [1.165, 1.54) is 4.90 Å². The molecule has 40 heavy (non-hydrogen) atoms. The molecule has 8 heteroatoms. The predicted molar refractivity (Wildman–Crippen MR) is 162 cm³/mol. The first-order valence-electron chi connectivity index (χ1n) is 13.8. The highest BCUT2D eigenvalue weighted by Crippen LogP contribution is 2.23. The molecule has 0 fully saturated rings. The molecule has 3 aromatic rings. The highest BCUT2D eigenvalue weighted by atomic mass is 32.2. The van der Waals surface area contributed by atoms with Gasteiger partial charge in [-0.15, -0.1) is 0 Å². The van der Waals surface area contributed by atoms with E-state index >= 15 is 0 Å². The number of hydrogen-bond acceptors (Lipinski definition) is 4. The lowest BCUT2D eigenvalue weighted by Gasteiger charge is -2.33. The normalized spacial score (nSPS) is 12.1. The Hall–Kier alpha value is -3.65. The summed E-state index contributed by atoms with van der Waals surface area (Å²) < 4.78 is 26.9. The van der Waals surface area contributed by atoms with Gasteiger partial charge in [-0.1, -0.05) is 100.0 Å². The molecule has 1 N–H and O–H groups in total. The number of nitrogens with zero attached hydrogens (tertiary/aromatic N) is 2. The van der Waals surface area contributed by atoms with E-state index in [4.69, 9.17) is 0 Å². The summed E-state index contributed by atoms with van der Waals surface area (Å²) in [5.41, 5.74) is 3.24. The zero-order chi connectivity index (χ0) is 29.1. The van der Waals surface area contributed by atoms with Gasteiger partial charge < -0.3 is 10.2 Å². The lowest BCUT2D eigenvalue weighted by molar-refractivity contribution is -0.140. The number of amides is 2. The van der Waals surface area contributed by atoms with Crippen molar-refractivity contribution >= 4 is 27.5 Å². The summed E-state index contributed by atoms with van der Waals surface area (Å²) in [6.07, 6.45) is 3.15. The molecule has 0 aliphatic carbocycles. The number of nitrogens with one attached hydrogen (secondary N) is 1. The summed E-state index contributed by atoms with van der Waals surface area (Å²) >= 11 is 0. The van der Waals surface area contributed by atoms with E-state index in [9.17, 15) is 18.0 Å². The summed E-state index contributed by atoms with van der Waals surface area (Å²) in [5.74, 6) is -0.420. The third-order valence-corrected chi connectivity index (χ3v) is 7.96. The monoisotopic (exact) mass is 563 g/mol. The molecule has 2 amide bonds. The van der Waals surface area contributed by atoms with Crippen LogP contribution in [0.1, 0.15) is 56.2 Å². The minimum atomic E-state index is -3.79. The molecule has 0 radical (unpaired) electrons. The maximum Gasteiger partial charge on any atom is 0.244 e. The molecular formula is C32H41N3O4S. The van der Waals surface area contributed by atoms with Gasteiger partial charge in [0.1, 0.15) is 12.6 Å². The molecule has 0 saturated heterocycles. The average Bonchev–Trinajstić information content (AvgIpc) is 2.94. The van der Waals surface area contributed by atoms with Crippen LogP contribution < -0.4 is 9.62 Å². The third-order valence-electron chi connectivity index (χ3n) is 6.82. The predicted octanol–water partition coefficient (Wildman–Crippen LogP) is 5.13. The minimum absolute atomic E-state index is 0.169. The van der Waals surface area contributed by atoms with Crippen molar-refractivity contribution in [3.63, 3.8) is 0 Å². The first-order valence-corrected chi connectivity index (χ1v) is 15.7.